The average molecular weight is 248 g/mol. The minimum Gasteiger partial charge on any atom is -0.408 e. The summed E-state index contributed by atoms with van der Waals surface area (Å²) in [5.74, 6) is -2.19. The van der Waals surface area contributed by atoms with Gasteiger partial charge >= 0.3 is 6.09 Å². The molecule has 0 aromatic heterocycles. The maximum Gasteiger partial charge on any atom is 0.417 e. The Morgan fingerprint density at radius 1 is 1.56 bits per heavy atom. The Morgan fingerprint density at radius 2 is 2.28 bits per heavy atom. The number of halogens is 1. The predicted molar refractivity (Wildman–Crippen MR) is 63.7 cm³/mol. The summed E-state index contributed by atoms with van der Waals surface area (Å²) in [4.78, 5) is 13.1. The van der Waals surface area contributed by atoms with E-state index in [1.54, 1.807) is 12.1 Å². The van der Waals surface area contributed by atoms with Crippen LogP contribution in [0.25, 0.3) is 0 Å². The Balaban J connectivity index is 2.57. The molecular weight excluding hydrogens is 235 g/mol. The molecular formula is C13H13FN2O2. The zero-order valence-electron chi connectivity index (χ0n) is 10.2. The van der Waals surface area contributed by atoms with E-state index in [0.29, 0.717) is 17.8 Å². The first-order valence-electron chi connectivity index (χ1n) is 5.73. The highest BCUT2D eigenvalue weighted by Crippen LogP contribution is 2.40. The normalized spacial score (nSPS) is 22.1. The summed E-state index contributed by atoms with van der Waals surface area (Å²) in [6.07, 6.45) is 0.0384. The van der Waals surface area contributed by atoms with Gasteiger partial charge in [0, 0.05) is 13.5 Å². The lowest BCUT2D eigenvalue weighted by Crippen LogP contribution is -2.43. The van der Waals surface area contributed by atoms with E-state index in [1.807, 2.05) is 13.0 Å². The molecule has 1 aliphatic heterocycles. The van der Waals surface area contributed by atoms with Gasteiger partial charge < -0.3 is 4.74 Å². The second-order valence-corrected chi connectivity index (χ2v) is 4.28. The predicted octanol–water partition coefficient (Wildman–Crippen LogP) is 3.07. The third-order valence-corrected chi connectivity index (χ3v) is 2.84. The summed E-state index contributed by atoms with van der Waals surface area (Å²) in [5, 5.41) is 8.84. The first-order chi connectivity index (χ1) is 8.49. The van der Waals surface area contributed by atoms with Crippen LogP contribution in [0.4, 0.5) is 14.9 Å². The van der Waals surface area contributed by atoms with Crippen LogP contribution in [0.5, 0.6) is 0 Å². The van der Waals surface area contributed by atoms with Gasteiger partial charge in [-0.3, -0.25) is 4.90 Å². The Hall–Kier alpha value is -2.09. The van der Waals surface area contributed by atoms with Gasteiger partial charge in [0.1, 0.15) is 0 Å². The molecule has 0 saturated heterocycles. The minimum atomic E-state index is -2.19. The number of fused-ring (bicyclic) bond motifs is 1. The molecule has 18 heavy (non-hydrogen) atoms. The quantitative estimate of drug-likeness (QED) is 0.808. The highest BCUT2D eigenvalue weighted by atomic mass is 19.2. The molecule has 1 aromatic carbocycles. The molecule has 4 nitrogen and oxygen atoms in total. The summed E-state index contributed by atoms with van der Waals surface area (Å²) in [6, 6.07) is 6.52. The summed E-state index contributed by atoms with van der Waals surface area (Å²) in [7, 11) is 0. The number of hydrogen-bond acceptors (Lipinski definition) is 3. The van der Waals surface area contributed by atoms with Gasteiger partial charge in [-0.2, -0.15) is 9.65 Å². The molecule has 0 aliphatic carbocycles. The van der Waals surface area contributed by atoms with Crippen molar-refractivity contribution in [2.24, 2.45) is 0 Å². The molecule has 0 bridgehead atoms. The molecule has 1 amide bonds. The Bertz CT molecular complexity index is 534. The number of nitriles is 1. The first-order valence-corrected chi connectivity index (χ1v) is 5.73. The zero-order valence-corrected chi connectivity index (χ0v) is 10.2. The average Bonchev–Trinajstić information content (AvgIpc) is 2.33. The standard InChI is InChI=1S/C13H13FN2O2/c1-3-6-16-11-5-4-9(8-15)7-10(11)13(2,14)18-12(16)17/h4-5,7H,3,6H2,1-2H3. The fourth-order valence-corrected chi connectivity index (χ4v) is 2.01. The second-order valence-electron chi connectivity index (χ2n) is 4.28. The molecule has 0 N–H and O–H groups in total. The van der Waals surface area contributed by atoms with Crippen molar-refractivity contribution in [1.82, 2.24) is 0 Å². The molecule has 0 fully saturated rings. The molecule has 5 heteroatoms. The van der Waals surface area contributed by atoms with Gasteiger partial charge in [0.05, 0.1) is 22.9 Å². The number of nitrogens with zero attached hydrogens (tertiary/aromatic N) is 2. The molecule has 1 aliphatic rings. The van der Waals surface area contributed by atoms with Crippen molar-refractivity contribution < 1.29 is 13.9 Å². The van der Waals surface area contributed by atoms with E-state index in [1.165, 1.54) is 17.9 Å². The summed E-state index contributed by atoms with van der Waals surface area (Å²) in [5.41, 5.74) is 1.03. The fourth-order valence-electron chi connectivity index (χ4n) is 2.01. The van der Waals surface area contributed by atoms with Crippen LogP contribution in [0.3, 0.4) is 0 Å². The van der Waals surface area contributed by atoms with Crippen LogP contribution in [-0.4, -0.2) is 12.6 Å². The Labute approximate surface area is 105 Å². The zero-order chi connectivity index (χ0) is 13.3. The fraction of sp³-hybridized carbons (Fsp3) is 0.385. The van der Waals surface area contributed by atoms with Gasteiger partial charge in [-0.25, -0.2) is 4.79 Å². The number of amides is 1. The number of cyclic esters (lactones) is 1. The maximum absolute atomic E-state index is 14.3. The van der Waals surface area contributed by atoms with Crippen molar-refractivity contribution in [3.05, 3.63) is 29.3 Å². The molecule has 1 atom stereocenters. The Kier molecular flexibility index (Phi) is 2.95. The number of carbonyl (C=O) groups excluding carboxylic acids is 1. The largest absolute Gasteiger partial charge is 0.417 e. The lowest BCUT2D eigenvalue weighted by atomic mass is 10.0. The highest BCUT2D eigenvalue weighted by molar-refractivity contribution is 5.91. The smallest absolute Gasteiger partial charge is 0.408 e. The topological polar surface area (TPSA) is 53.3 Å². The van der Waals surface area contributed by atoms with E-state index in [0.717, 1.165) is 6.42 Å². The lowest BCUT2D eigenvalue weighted by Gasteiger charge is -2.35. The van der Waals surface area contributed by atoms with Crippen LogP contribution in [0.1, 0.15) is 31.4 Å². The van der Waals surface area contributed by atoms with E-state index >= 15 is 0 Å². The molecule has 0 radical (unpaired) electrons. The van der Waals surface area contributed by atoms with Crippen LogP contribution in [0.15, 0.2) is 18.2 Å². The third-order valence-electron chi connectivity index (χ3n) is 2.84. The summed E-state index contributed by atoms with van der Waals surface area (Å²) in [6.45, 7) is 3.54. The first kappa shape index (κ1) is 12.4. The molecule has 1 aromatic rings. The van der Waals surface area contributed by atoms with Crippen LogP contribution in [0, 0.1) is 11.3 Å². The van der Waals surface area contributed by atoms with Crippen molar-refractivity contribution in [2.45, 2.75) is 26.1 Å². The minimum absolute atomic E-state index is 0.217. The van der Waals surface area contributed by atoms with Gasteiger partial charge in [0.25, 0.3) is 5.85 Å². The molecule has 0 spiro atoms. The Morgan fingerprint density at radius 3 is 2.89 bits per heavy atom. The SMILES string of the molecule is CCCN1C(=O)OC(C)(F)c2cc(C#N)ccc21. The van der Waals surface area contributed by atoms with Gasteiger partial charge in [0.2, 0.25) is 0 Å². The highest BCUT2D eigenvalue weighted by Gasteiger charge is 2.41. The molecule has 1 unspecified atom stereocenters. The van der Waals surface area contributed by atoms with Crippen molar-refractivity contribution in [2.75, 3.05) is 11.4 Å². The van der Waals surface area contributed by atoms with Crippen LogP contribution in [-0.2, 0) is 10.6 Å². The maximum atomic E-state index is 14.3. The van der Waals surface area contributed by atoms with Gasteiger partial charge in [-0.1, -0.05) is 6.92 Å². The number of carbonyl (C=O) groups is 1. The van der Waals surface area contributed by atoms with Crippen molar-refractivity contribution in [3.63, 3.8) is 0 Å². The van der Waals surface area contributed by atoms with E-state index in [2.05, 4.69) is 0 Å². The number of rotatable bonds is 2. The molecule has 94 valence electrons. The van der Waals surface area contributed by atoms with Gasteiger partial charge in [-0.15, -0.1) is 0 Å². The lowest BCUT2D eigenvalue weighted by molar-refractivity contribution is -0.0880. The van der Waals surface area contributed by atoms with E-state index in [-0.39, 0.29) is 5.56 Å². The van der Waals surface area contributed by atoms with Gasteiger partial charge in [-0.05, 0) is 24.6 Å². The molecule has 2 rings (SSSR count). The van der Waals surface area contributed by atoms with E-state index in [4.69, 9.17) is 10.00 Å². The number of alkyl halides is 1. The molecule has 1 heterocycles. The second kappa shape index (κ2) is 4.30. The van der Waals surface area contributed by atoms with Crippen LogP contribution >= 0.6 is 0 Å². The molecule has 0 saturated carbocycles. The number of ether oxygens (including phenoxy) is 1. The van der Waals surface area contributed by atoms with E-state index < -0.39 is 11.9 Å². The number of benzene rings is 1. The third kappa shape index (κ3) is 1.90. The van der Waals surface area contributed by atoms with Crippen molar-refractivity contribution in [3.8, 4) is 6.07 Å². The monoisotopic (exact) mass is 248 g/mol. The van der Waals surface area contributed by atoms with Crippen molar-refractivity contribution >= 4 is 11.8 Å². The van der Waals surface area contributed by atoms with Gasteiger partial charge in [0.15, 0.2) is 0 Å². The van der Waals surface area contributed by atoms with E-state index in [9.17, 15) is 9.18 Å². The van der Waals surface area contributed by atoms with Crippen LogP contribution < -0.4 is 4.90 Å². The summed E-state index contributed by atoms with van der Waals surface area (Å²) >= 11 is 0. The van der Waals surface area contributed by atoms with Crippen molar-refractivity contribution in [1.29, 1.82) is 5.26 Å². The number of hydrogen-bond donors (Lipinski definition) is 0. The number of anilines is 1. The summed E-state index contributed by atoms with van der Waals surface area (Å²) < 4.78 is 19.0. The van der Waals surface area contributed by atoms with Crippen LogP contribution in [0.2, 0.25) is 0 Å².